The Hall–Kier alpha value is -1.24. The van der Waals surface area contributed by atoms with Crippen molar-refractivity contribution in [3.63, 3.8) is 0 Å². The molecule has 0 amide bonds. The van der Waals surface area contributed by atoms with Crippen LogP contribution in [0.25, 0.3) is 0 Å². The van der Waals surface area contributed by atoms with E-state index in [4.69, 9.17) is 0 Å². The van der Waals surface area contributed by atoms with E-state index in [1.807, 2.05) is 22.6 Å². The molecule has 0 bridgehead atoms. The van der Waals surface area contributed by atoms with E-state index in [0.29, 0.717) is 5.56 Å². The summed E-state index contributed by atoms with van der Waals surface area (Å²) in [4.78, 5) is 11.5. The Labute approximate surface area is 105 Å². The Morgan fingerprint density at radius 2 is 2.12 bits per heavy atom. The lowest BCUT2D eigenvalue weighted by Gasteiger charge is -2.05. The molecule has 1 heterocycles. The molecule has 0 aliphatic rings. The number of aromatic nitrogens is 2. The molecule has 0 aliphatic carbocycles. The van der Waals surface area contributed by atoms with Crippen molar-refractivity contribution in [2.24, 2.45) is 0 Å². The Morgan fingerprint density at radius 3 is 2.81 bits per heavy atom. The van der Waals surface area contributed by atoms with E-state index < -0.39 is 0 Å². The van der Waals surface area contributed by atoms with E-state index in [-0.39, 0.29) is 17.9 Å². The molecule has 0 aliphatic heterocycles. The standard InChI is InChI=1S/C11H8FIN2O/c12-10-4-2-1-3-8(10)7-15-11(16)5-9(13)6-14-15/h1-6H,7H2. The lowest BCUT2D eigenvalue weighted by atomic mass is 10.2. The Balaban J connectivity index is 2.35. The molecule has 0 fully saturated rings. The van der Waals surface area contributed by atoms with E-state index in [2.05, 4.69) is 5.10 Å². The molecular formula is C11H8FIN2O. The van der Waals surface area contributed by atoms with Gasteiger partial charge in [0.05, 0.1) is 12.7 Å². The zero-order valence-electron chi connectivity index (χ0n) is 8.23. The van der Waals surface area contributed by atoms with Gasteiger partial charge in [0, 0.05) is 15.2 Å². The smallest absolute Gasteiger partial charge is 0.268 e. The van der Waals surface area contributed by atoms with Crippen LogP contribution in [0.1, 0.15) is 5.56 Å². The predicted octanol–water partition coefficient (Wildman–Crippen LogP) is 2.04. The van der Waals surface area contributed by atoms with Gasteiger partial charge in [-0.1, -0.05) is 18.2 Å². The van der Waals surface area contributed by atoms with Gasteiger partial charge in [-0.3, -0.25) is 4.79 Å². The van der Waals surface area contributed by atoms with Crippen LogP contribution in [0.2, 0.25) is 0 Å². The van der Waals surface area contributed by atoms with Gasteiger partial charge in [0.2, 0.25) is 0 Å². The summed E-state index contributed by atoms with van der Waals surface area (Å²) in [5.74, 6) is -0.324. The molecule has 0 radical (unpaired) electrons. The van der Waals surface area contributed by atoms with Crippen LogP contribution in [0.5, 0.6) is 0 Å². The summed E-state index contributed by atoms with van der Waals surface area (Å²) in [5.41, 5.74) is 0.230. The van der Waals surface area contributed by atoms with Crippen LogP contribution in [0.3, 0.4) is 0 Å². The molecule has 16 heavy (non-hydrogen) atoms. The fourth-order valence-electron chi connectivity index (χ4n) is 1.32. The number of halogens is 2. The van der Waals surface area contributed by atoms with Gasteiger partial charge in [0.1, 0.15) is 5.82 Å². The normalized spacial score (nSPS) is 10.4. The van der Waals surface area contributed by atoms with Crippen molar-refractivity contribution in [1.29, 1.82) is 0 Å². The van der Waals surface area contributed by atoms with Crippen LogP contribution in [0.15, 0.2) is 41.3 Å². The van der Waals surface area contributed by atoms with Crippen molar-refractivity contribution in [2.75, 3.05) is 0 Å². The molecule has 1 aromatic carbocycles. The molecule has 0 N–H and O–H groups in total. The highest BCUT2D eigenvalue weighted by Crippen LogP contribution is 2.07. The van der Waals surface area contributed by atoms with E-state index in [0.717, 1.165) is 3.57 Å². The summed E-state index contributed by atoms with van der Waals surface area (Å²) < 4.78 is 15.3. The topological polar surface area (TPSA) is 34.9 Å². The first-order chi connectivity index (χ1) is 7.66. The van der Waals surface area contributed by atoms with Crippen molar-refractivity contribution in [1.82, 2.24) is 9.78 Å². The van der Waals surface area contributed by atoms with Gasteiger partial charge in [-0.2, -0.15) is 5.10 Å². The maximum Gasteiger partial charge on any atom is 0.268 e. The molecule has 1 aromatic heterocycles. The molecule has 2 rings (SSSR count). The van der Waals surface area contributed by atoms with Gasteiger partial charge < -0.3 is 0 Å². The lowest BCUT2D eigenvalue weighted by molar-refractivity contribution is 0.571. The molecule has 0 spiro atoms. The van der Waals surface area contributed by atoms with Crippen LogP contribution >= 0.6 is 22.6 Å². The SMILES string of the molecule is O=c1cc(I)cnn1Cc1ccccc1F. The molecule has 0 unspecified atom stereocenters. The van der Waals surface area contributed by atoms with Gasteiger partial charge in [0.15, 0.2) is 0 Å². The third-order valence-corrected chi connectivity index (χ3v) is 2.70. The summed E-state index contributed by atoms with van der Waals surface area (Å²) in [6, 6.07) is 7.82. The molecule has 5 heteroatoms. The van der Waals surface area contributed by atoms with Crippen LogP contribution < -0.4 is 5.56 Å². The molecule has 0 saturated carbocycles. The van der Waals surface area contributed by atoms with Crippen molar-refractivity contribution >= 4 is 22.6 Å². The van der Waals surface area contributed by atoms with Crippen molar-refractivity contribution in [3.05, 3.63) is 61.8 Å². The minimum absolute atomic E-state index is 0.155. The summed E-state index contributed by atoms with van der Waals surface area (Å²) in [6.45, 7) is 0.155. The first-order valence-electron chi connectivity index (χ1n) is 4.63. The van der Waals surface area contributed by atoms with E-state index in [1.54, 1.807) is 24.4 Å². The highest BCUT2D eigenvalue weighted by molar-refractivity contribution is 14.1. The maximum absolute atomic E-state index is 13.3. The molecular weight excluding hydrogens is 322 g/mol. The van der Waals surface area contributed by atoms with E-state index in [9.17, 15) is 9.18 Å². The third kappa shape index (κ3) is 2.46. The fraction of sp³-hybridized carbons (Fsp3) is 0.0909. The van der Waals surface area contributed by atoms with Crippen LogP contribution in [0, 0.1) is 9.39 Å². The van der Waals surface area contributed by atoms with Gasteiger partial charge in [-0.15, -0.1) is 0 Å². The summed E-state index contributed by atoms with van der Waals surface area (Å²) in [5, 5.41) is 3.94. The highest BCUT2D eigenvalue weighted by Gasteiger charge is 2.04. The van der Waals surface area contributed by atoms with E-state index >= 15 is 0 Å². The molecule has 0 atom stereocenters. The lowest BCUT2D eigenvalue weighted by Crippen LogP contribution is -2.23. The first kappa shape index (κ1) is 11.3. The van der Waals surface area contributed by atoms with Crippen molar-refractivity contribution in [3.8, 4) is 0 Å². The highest BCUT2D eigenvalue weighted by atomic mass is 127. The van der Waals surface area contributed by atoms with Gasteiger partial charge in [0.25, 0.3) is 5.56 Å². The minimum Gasteiger partial charge on any atom is -0.268 e. The van der Waals surface area contributed by atoms with Gasteiger partial charge >= 0.3 is 0 Å². The molecule has 82 valence electrons. The maximum atomic E-state index is 13.3. The number of hydrogen-bond acceptors (Lipinski definition) is 2. The predicted molar refractivity (Wildman–Crippen MR) is 66.7 cm³/mol. The van der Waals surface area contributed by atoms with Crippen LogP contribution in [0.4, 0.5) is 4.39 Å². The van der Waals surface area contributed by atoms with Gasteiger partial charge in [-0.25, -0.2) is 9.07 Å². The van der Waals surface area contributed by atoms with E-state index in [1.165, 1.54) is 16.8 Å². The molecule has 2 aromatic rings. The number of benzene rings is 1. The van der Waals surface area contributed by atoms with Crippen LogP contribution in [-0.2, 0) is 6.54 Å². The third-order valence-electron chi connectivity index (χ3n) is 2.11. The second-order valence-electron chi connectivity index (χ2n) is 3.26. The Bertz CT molecular complexity index is 568. The monoisotopic (exact) mass is 330 g/mol. The van der Waals surface area contributed by atoms with Crippen molar-refractivity contribution in [2.45, 2.75) is 6.54 Å². The fourth-order valence-corrected chi connectivity index (χ4v) is 1.71. The summed E-state index contributed by atoms with van der Waals surface area (Å²) >= 11 is 2.01. The summed E-state index contributed by atoms with van der Waals surface area (Å²) in [6.07, 6.45) is 1.57. The van der Waals surface area contributed by atoms with Gasteiger partial charge in [-0.05, 0) is 28.7 Å². The second-order valence-corrected chi connectivity index (χ2v) is 4.51. The second kappa shape index (κ2) is 4.73. The quantitative estimate of drug-likeness (QED) is 0.790. The number of hydrogen-bond donors (Lipinski definition) is 0. The zero-order valence-corrected chi connectivity index (χ0v) is 10.4. The zero-order chi connectivity index (χ0) is 11.5. The average Bonchev–Trinajstić information content (AvgIpc) is 2.25. The molecule has 0 saturated heterocycles. The largest absolute Gasteiger partial charge is 0.268 e. The van der Waals surface area contributed by atoms with Crippen molar-refractivity contribution < 1.29 is 4.39 Å². The molecule has 3 nitrogen and oxygen atoms in total. The Morgan fingerprint density at radius 1 is 1.38 bits per heavy atom. The first-order valence-corrected chi connectivity index (χ1v) is 5.71. The number of nitrogens with zero attached hydrogens (tertiary/aromatic N) is 2. The van der Waals surface area contributed by atoms with Crippen LogP contribution in [-0.4, -0.2) is 9.78 Å². The average molecular weight is 330 g/mol. The summed E-state index contributed by atoms with van der Waals surface area (Å²) in [7, 11) is 0. The minimum atomic E-state index is -0.324. The number of rotatable bonds is 2. The Kier molecular flexibility index (Phi) is 3.33.